The molecule has 54 heavy (non-hydrogen) atoms. The third-order valence-electron chi connectivity index (χ3n) is 13.9. The zero-order valence-electron chi connectivity index (χ0n) is 31.5. The van der Waals surface area contributed by atoms with Gasteiger partial charge in [0.25, 0.3) is 0 Å². The van der Waals surface area contributed by atoms with Crippen LogP contribution in [0, 0.1) is 5.41 Å². The zero-order valence-corrected chi connectivity index (χ0v) is 32.4. The molecule has 0 atom stereocenters. The molecule has 0 N–H and O–H groups in total. The summed E-state index contributed by atoms with van der Waals surface area (Å²) in [6, 6.07) is 51.7. The summed E-state index contributed by atoms with van der Waals surface area (Å²) in [5, 5.41) is 7.42. The minimum atomic E-state index is -0.0197. The number of furan rings is 1. The van der Waals surface area contributed by atoms with Crippen LogP contribution in [0.3, 0.4) is 0 Å². The summed E-state index contributed by atoms with van der Waals surface area (Å²) in [5.41, 5.74) is 13.3. The third-order valence-corrected chi connectivity index (χ3v) is 15.2. The molecule has 3 aromatic heterocycles. The minimum absolute atomic E-state index is 0.0117. The van der Waals surface area contributed by atoms with Crippen molar-refractivity contribution in [2.75, 3.05) is 0 Å². The second-order valence-corrected chi connectivity index (χ2v) is 18.0. The summed E-state index contributed by atoms with van der Waals surface area (Å²) in [7, 11) is 0. The Kier molecular flexibility index (Phi) is 6.33. The van der Waals surface area contributed by atoms with Crippen LogP contribution in [0.1, 0.15) is 52.7 Å². The summed E-state index contributed by atoms with van der Waals surface area (Å²) in [5.74, 6) is 0. The number of nitrogens with zero attached hydrogens (tertiary/aromatic N) is 1. The molecule has 11 rings (SSSR count). The molecule has 0 bridgehead atoms. The Morgan fingerprint density at radius 3 is 1.93 bits per heavy atom. The predicted octanol–water partition coefficient (Wildman–Crippen LogP) is 15.0. The number of hydrogen-bond acceptors (Lipinski definition) is 2. The Labute approximate surface area is 319 Å². The first kappa shape index (κ1) is 31.8. The average Bonchev–Trinajstić information content (AvgIpc) is 3.88. The smallest absolute Gasteiger partial charge is 0.159 e. The van der Waals surface area contributed by atoms with Gasteiger partial charge >= 0.3 is 0 Å². The van der Waals surface area contributed by atoms with Crippen molar-refractivity contribution in [3.8, 4) is 27.9 Å². The predicted molar refractivity (Wildman–Crippen MR) is 232 cm³/mol. The maximum Gasteiger partial charge on any atom is 0.159 e. The maximum absolute atomic E-state index is 6.60. The fourth-order valence-corrected chi connectivity index (χ4v) is 11.0. The minimum Gasteiger partial charge on any atom is -0.454 e. The van der Waals surface area contributed by atoms with E-state index >= 15 is 0 Å². The lowest BCUT2D eigenvalue weighted by atomic mass is 9.59. The van der Waals surface area contributed by atoms with Crippen LogP contribution < -0.4 is 0 Å². The van der Waals surface area contributed by atoms with Gasteiger partial charge in [0.05, 0.1) is 16.7 Å². The Balaban J connectivity index is 1.21. The zero-order chi connectivity index (χ0) is 36.7. The van der Waals surface area contributed by atoms with Crippen LogP contribution in [0.4, 0.5) is 0 Å². The van der Waals surface area contributed by atoms with Crippen molar-refractivity contribution in [1.82, 2.24) is 4.57 Å². The summed E-state index contributed by atoms with van der Waals surface area (Å²) in [6.45, 7) is 14.7. The first-order valence-corrected chi connectivity index (χ1v) is 19.9. The average molecular weight is 716 g/mol. The van der Waals surface area contributed by atoms with Gasteiger partial charge < -0.3 is 8.98 Å². The highest BCUT2D eigenvalue weighted by atomic mass is 32.1. The van der Waals surface area contributed by atoms with Crippen LogP contribution in [0.5, 0.6) is 0 Å². The largest absolute Gasteiger partial charge is 0.454 e. The number of fused-ring (bicyclic) bond motifs is 10. The van der Waals surface area contributed by atoms with Gasteiger partial charge in [0.15, 0.2) is 5.58 Å². The van der Waals surface area contributed by atoms with Gasteiger partial charge in [-0.25, -0.2) is 0 Å². The Hall–Kier alpha value is -5.64. The molecule has 3 heterocycles. The molecule has 0 aliphatic heterocycles. The maximum atomic E-state index is 6.60. The van der Waals surface area contributed by atoms with Crippen molar-refractivity contribution >= 4 is 75.3 Å². The summed E-state index contributed by atoms with van der Waals surface area (Å²) < 4.78 is 11.7. The summed E-state index contributed by atoms with van der Waals surface area (Å²) in [4.78, 5) is 0. The van der Waals surface area contributed by atoms with Crippen LogP contribution in [0.2, 0.25) is 0 Å². The fraction of sp³-hybridized carbons (Fsp3) is 0.176. The quantitative estimate of drug-likeness (QED) is 0.178. The second kappa shape index (κ2) is 10.7. The number of thiophene rings is 1. The van der Waals surface area contributed by atoms with Gasteiger partial charge in [0.1, 0.15) is 5.58 Å². The third kappa shape index (κ3) is 4.00. The molecule has 1 aliphatic rings. The molecule has 0 spiro atoms. The van der Waals surface area contributed by atoms with Crippen LogP contribution in [0.25, 0.3) is 91.9 Å². The van der Waals surface area contributed by atoms with Gasteiger partial charge in [-0.1, -0.05) is 133 Å². The van der Waals surface area contributed by atoms with E-state index in [2.05, 4.69) is 180 Å². The van der Waals surface area contributed by atoms with Crippen molar-refractivity contribution in [1.29, 1.82) is 0 Å². The number of hydrogen-bond donors (Lipinski definition) is 0. The van der Waals surface area contributed by atoms with E-state index in [0.29, 0.717) is 0 Å². The number of aromatic nitrogens is 1. The van der Waals surface area contributed by atoms with Crippen molar-refractivity contribution in [3.63, 3.8) is 0 Å². The number of benzene rings is 7. The lowest BCUT2D eigenvalue weighted by Gasteiger charge is -2.44. The van der Waals surface area contributed by atoms with Gasteiger partial charge in [-0.05, 0) is 92.6 Å². The molecular formula is C51H41NOS. The van der Waals surface area contributed by atoms with Crippen molar-refractivity contribution < 1.29 is 4.42 Å². The molecule has 262 valence electrons. The van der Waals surface area contributed by atoms with Crippen molar-refractivity contribution in [2.24, 2.45) is 5.41 Å². The highest BCUT2D eigenvalue weighted by Gasteiger charge is 2.57. The Morgan fingerprint density at radius 1 is 0.481 bits per heavy atom. The van der Waals surface area contributed by atoms with Crippen LogP contribution in [0.15, 0.2) is 144 Å². The molecule has 0 saturated carbocycles. The molecule has 7 aromatic carbocycles. The van der Waals surface area contributed by atoms with Gasteiger partial charge in [0, 0.05) is 47.3 Å². The monoisotopic (exact) mass is 715 g/mol. The standard InChI is InChI=1S/C51H41NOS/c1-49(2)40-28-37(38(29-41(40)50(3,4)51(49,5)6)36-20-13-19-35-33-17-9-12-24-46(33)54-48(35)36)30-25-26-43-39(27-30)31-15-7-10-21-42(31)52(43)44-22-14-18-34-32-16-8-11-23-45(32)53-47(34)44/h7-29H,1-6H3. The Bertz CT molecular complexity index is 3200. The fourth-order valence-electron chi connectivity index (χ4n) is 9.82. The van der Waals surface area contributed by atoms with Gasteiger partial charge in [0.2, 0.25) is 0 Å². The molecule has 0 fully saturated rings. The van der Waals surface area contributed by atoms with E-state index in [1.165, 1.54) is 75.4 Å². The van der Waals surface area contributed by atoms with E-state index in [4.69, 9.17) is 4.42 Å². The molecule has 10 aromatic rings. The molecule has 1 aliphatic carbocycles. The van der Waals surface area contributed by atoms with Crippen molar-refractivity contribution in [3.05, 3.63) is 151 Å². The Morgan fingerprint density at radius 2 is 1.11 bits per heavy atom. The van der Waals surface area contributed by atoms with Gasteiger partial charge in [-0.2, -0.15) is 0 Å². The number of rotatable bonds is 3. The first-order valence-electron chi connectivity index (χ1n) is 19.1. The number of para-hydroxylation sites is 3. The molecule has 3 heteroatoms. The molecule has 0 unspecified atom stereocenters. The lowest BCUT2D eigenvalue weighted by Crippen LogP contribution is -2.42. The van der Waals surface area contributed by atoms with Crippen LogP contribution >= 0.6 is 11.3 Å². The summed E-state index contributed by atoms with van der Waals surface area (Å²) >= 11 is 1.92. The SMILES string of the molecule is CC1(C)c2cc(-c3ccc4c(c3)c3ccccc3n4-c3cccc4c3oc3ccccc34)c(-c3cccc4c3sc3ccccc34)cc2C(C)(C)C1(C)C. The second-order valence-electron chi connectivity index (χ2n) is 16.9. The van der Waals surface area contributed by atoms with E-state index in [1.807, 2.05) is 17.4 Å². The van der Waals surface area contributed by atoms with Crippen LogP contribution in [-0.4, -0.2) is 4.57 Å². The molecular weight excluding hydrogens is 675 g/mol. The van der Waals surface area contributed by atoms with E-state index < -0.39 is 0 Å². The molecule has 0 radical (unpaired) electrons. The van der Waals surface area contributed by atoms with E-state index in [1.54, 1.807) is 0 Å². The van der Waals surface area contributed by atoms with Crippen LogP contribution in [-0.2, 0) is 10.8 Å². The first-order chi connectivity index (χ1) is 26.1. The normalized spacial score (nSPS) is 16.0. The van der Waals surface area contributed by atoms with E-state index in [0.717, 1.165) is 27.6 Å². The highest BCUT2D eigenvalue weighted by Crippen LogP contribution is 2.63. The lowest BCUT2D eigenvalue weighted by molar-refractivity contribution is 0.125. The van der Waals surface area contributed by atoms with E-state index in [-0.39, 0.29) is 16.2 Å². The van der Waals surface area contributed by atoms with Crippen molar-refractivity contribution in [2.45, 2.75) is 52.4 Å². The van der Waals surface area contributed by atoms with Gasteiger partial charge in [-0.15, -0.1) is 11.3 Å². The topological polar surface area (TPSA) is 18.1 Å². The van der Waals surface area contributed by atoms with E-state index in [9.17, 15) is 0 Å². The highest BCUT2D eigenvalue weighted by molar-refractivity contribution is 7.26. The summed E-state index contributed by atoms with van der Waals surface area (Å²) in [6.07, 6.45) is 0. The molecule has 2 nitrogen and oxygen atoms in total. The van der Waals surface area contributed by atoms with Gasteiger partial charge in [-0.3, -0.25) is 0 Å². The molecule has 0 amide bonds. The molecule has 0 saturated heterocycles.